The highest BCUT2D eigenvalue weighted by Crippen LogP contribution is 2.25. The van der Waals surface area contributed by atoms with E-state index in [4.69, 9.17) is 5.73 Å². The van der Waals surface area contributed by atoms with Crippen molar-refractivity contribution in [2.45, 2.75) is 40.3 Å². The molecule has 0 bridgehead atoms. The highest BCUT2D eigenvalue weighted by atomic mass is 32.1. The summed E-state index contributed by atoms with van der Waals surface area (Å²) in [5.41, 5.74) is 10.4. The molecule has 0 fully saturated rings. The summed E-state index contributed by atoms with van der Waals surface area (Å²) in [4.78, 5) is 5.78. The fourth-order valence-corrected chi connectivity index (χ4v) is 3.15. The van der Waals surface area contributed by atoms with E-state index >= 15 is 0 Å². The van der Waals surface area contributed by atoms with E-state index in [1.807, 2.05) is 19.1 Å². The smallest absolute Gasteiger partial charge is 0.0900 e. The Kier molecular flexibility index (Phi) is 4.22. The Morgan fingerprint density at radius 3 is 2.68 bits per heavy atom. The summed E-state index contributed by atoms with van der Waals surface area (Å²) < 4.78 is 0. The van der Waals surface area contributed by atoms with Crippen LogP contribution in [0.25, 0.3) is 0 Å². The Balaban J connectivity index is 2.06. The first-order valence-corrected chi connectivity index (χ1v) is 7.31. The summed E-state index contributed by atoms with van der Waals surface area (Å²) in [5.74, 6) is 0. The fourth-order valence-electron chi connectivity index (χ4n) is 2.19. The number of aryl methyl sites for hydroxylation is 3. The van der Waals surface area contributed by atoms with Gasteiger partial charge in [-0.1, -0.05) is 17.7 Å². The number of benzene rings is 1. The maximum atomic E-state index is 6.00. The van der Waals surface area contributed by atoms with Gasteiger partial charge in [-0.05, 0) is 39.3 Å². The van der Waals surface area contributed by atoms with Crippen LogP contribution in [0.4, 0.5) is 5.69 Å². The zero-order chi connectivity index (χ0) is 14.0. The molecule has 4 heteroatoms. The lowest BCUT2D eigenvalue weighted by molar-refractivity contribution is 0.580. The molecule has 3 nitrogen and oxygen atoms in total. The maximum absolute atomic E-state index is 6.00. The first-order valence-electron chi connectivity index (χ1n) is 6.49. The van der Waals surface area contributed by atoms with E-state index in [0.29, 0.717) is 6.04 Å². The Labute approximate surface area is 118 Å². The molecule has 1 heterocycles. The summed E-state index contributed by atoms with van der Waals surface area (Å²) >= 11 is 1.76. The lowest BCUT2D eigenvalue weighted by atomic mass is 10.1. The number of hydrogen-bond acceptors (Lipinski definition) is 4. The van der Waals surface area contributed by atoms with Gasteiger partial charge in [0.1, 0.15) is 0 Å². The van der Waals surface area contributed by atoms with Crippen LogP contribution in [0.15, 0.2) is 18.2 Å². The van der Waals surface area contributed by atoms with Crippen LogP contribution in [0.1, 0.15) is 39.7 Å². The van der Waals surface area contributed by atoms with Crippen molar-refractivity contribution in [3.05, 3.63) is 44.9 Å². The van der Waals surface area contributed by atoms with E-state index in [-0.39, 0.29) is 0 Å². The quantitative estimate of drug-likeness (QED) is 0.840. The molecule has 19 heavy (non-hydrogen) atoms. The third-order valence-corrected chi connectivity index (χ3v) is 4.49. The Morgan fingerprint density at radius 1 is 1.32 bits per heavy atom. The molecule has 1 unspecified atom stereocenters. The second kappa shape index (κ2) is 5.72. The van der Waals surface area contributed by atoms with Gasteiger partial charge in [-0.15, -0.1) is 11.3 Å². The van der Waals surface area contributed by atoms with Crippen LogP contribution in [0.2, 0.25) is 0 Å². The summed E-state index contributed by atoms with van der Waals surface area (Å²) in [5, 5.41) is 4.65. The van der Waals surface area contributed by atoms with E-state index < -0.39 is 0 Å². The van der Waals surface area contributed by atoms with Crippen LogP contribution in [0, 0.1) is 20.8 Å². The van der Waals surface area contributed by atoms with Crippen LogP contribution in [-0.4, -0.2) is 4.98 Å². The molecule has 0 amide bonds. The molecule has 1 aromatic carbocycles. The van der Waals surface area contributed by atoms with Gasteiger partial charge in [-0.25, -0.2) is 4.98 Å². The number of nitrogens with zero attached hydrogens (tertiary/aromatic N) is 1. The van der Waals surface area contributed by atoms with E-state index in [9.17, 15) is 0 Å². The number of hydrogen-bond donors (Lipinski definition) is 2. The molecular formula is C15H21N3S. The lowest BCUT2D eigenvalue weighted by Crippen LogP contribution is -2.18. The van der Waals surface area contributed by atoms with Gasteiger partial charge in [0.2, 0.25) is 0 Å². The van der Waals surface area contributed by atoms with Crippen molar-refractivity contribution in [1.82, 2.24) is 10.3 Å². The number of thiazole rings is 1. The van der Waals surface area contributed by atoms with Crippen LogP contribution < -0.4 is 11.1 Å². The molecule has 3 N–H and O–H groups in total. The second-order valence-corrected chi connectivity index (χ2v) is 6.22. The predicted molar refractivity (Wildman–Crippen MR) is 82.4 cm³/mol. The summed E-state index contributed by atoms with van der Waals surface area (Å²) in [6, 6.07) is 6.45. The third kappa shape index (κ3) is 3.33. The monoisotopic (exact) mass is 275 g/mol. The third-order valence-electron chi connectivity index (χ3n) is 3.23. The van der Waals surface area contributed by atoms with E-state index in [1.54, 1.807) is 11.3 Å². The molecule has 0 spiro atoms. The normalized spacial score (nSPS) is 12.6. The number of nitrogens with one attached hydrogen (secondary N) is 1. The Bertz CT molecular complexity index is 575. The van der Waals surface area contributed by atoms with Gasteiger partial charge >= 0.3 is 0 Å². The minimum atomic E-state index is 0.297. The zero-order valence-electron chi connectivity index (χ0n) is 11.9. The van der Waals surface area contributed by atoms with Crippen molar-refractivity contribution in [3.8, 4) is 0 Å². The van der Waals surface area contributed by atoms with Crippen molar-refractivity contribution < 1.29 is 0 Å². The standard InChI is InChI=1S/C15H21N3S/c1-9-5-6-14(16)13(7-9)8-17-10(2)15-11(3)18-12(4)19-15/h5-7,10,17H,8,16H2,1-4H3. The first kappa shape index (κ1) is 14.0. The van der Waals surface area contributed by atoms with Crippen LogP contribution in [-0.2, 0) is 6.54 Å². The van der Waals surface area contributed by atoms with Gasteiger partial charge in [-0.2, -0.15) is 0 Å². The molecular weight excluding hydrogens is 254 g/mol. The Morgan fingerprint density at radius 2 is 2.05 bits per heavy atom. The minimum Gasteiger partial charge on any atom is -0.398 e. The Hall–Kier alpha value is -1.39. The summed E-state index contributed by atoms with van der Waals surface area (Å²) in [7, 11) is 0. The number of rotatable bonds is 4. The van der Waals surface area contributed by atoms with E-state index in [0.717, 1.165) is 28.5 Å². The van der Waals surface area contributed by atoms with Gasteiger partial charge in [0.15, 0.2) is 0 Å². The number of nitrogens with two attached hydrogens (primary N) is 1. The first-order chi connectivity index (χ1) is 8.97. The lowest BCUT2D eigenvalue weighted by Gasteiger charge is -2.14. The van der Waals surface area contributed by atoms with Crippen molar-refractivity contribution in [2.75, 3.05) is 5.73 Å². The molecule has 2 aromatic rings. The fraction of sp³-hybridized carbons (Fsp3) is 0.400. The average molecular weight is 275 g/mol. The second-order valence-electron chi connectivity index (χ2n) is 4.99. The molecule has 102 valence electrons. The highest BCUT2D eigenvalue weighted by molar-refractivity contribution is 7.11. The minimum absolute atomic E-state index is 0.297. The van der Waals surface area contributed by atoms with E-state index in [2.05, 4.69) is 37.1 Å². The van der Waals surface area contributed by atoms with E-state index in [1.165, 1.54) is 10.4 Å². The largest absolute Gasteiger partial charge is 0.398 e. The topological polar surface area (TPSA) is 50.9 Å². The van der Waals surface area contributed by atoms with Crippen molar-refractivity contribution in [3.63, 3.8) is 0 Å². The average Bonchev–Trinajstić information content (AvgIpc) is 2.69. The van der Waals surface area contributed by atoms with Gasteiger partial charge in [0.25, 0.3) is 0 Å². The summed E-state index contributed by atoms with van der Waals surface area (Å²) in [6.45, 7) is 9.16. The summed E-state index contributed by atoms with van der Waals surface area (Å²) in [6.07, 6.45) is 0. The molecule has 1 atom stereocenters. The SMILES string of the molecule is Cc1ccc(N)c(CNC(C)c2sc(C)nc2C)c1. The van der Waals surface area contributed by atoms with Crippen LogP contribution in [0.3, 0.4) is 0 Å². The highest BCUT2D eigenvalue weighted by Gasteiger charge is 2.12. The zero-order valence-corrected chi connectivity index (χ0v) is 12.8. The van der Waals surface area contributed by atoms with Crippen molar-refractivity contribution >= 4 is 17.0 Å². The van der Waals surface area contributed by atoms with Crippen LogP contribution >= 0.6 is 11.3 Å². The maximum Gasteiger partial charge on any atom is 0.0900 e. The van der Waals surface area contributed by atoms with Gasteiger partial charge < -0.3 is 11.1 Å². The van der Waals surface area contributed by atoms with Gasteiger partial charge in [-0.3, -0.25) is 0 Å². The molecule has 1 aromatic heterocycles. The van der Waals surface area contributed by atoms with Crippen molar-refractivity contribution in [1.29, 1.82) is 0 Å². The predicted octanol–water partition coefficient (Wildman–Crippen LogP) is 3.50. The van der Waals surface area contributed by atoms with Gasteiger partial charge in [0.05, 0.1) is 10.7 Å². The molecule has 0 aliphatic rings. The van der Waals surface area contributed by atoms with Crippen LogP contribution in [0.5, 0.6) is 0 Å². The van der Waals surface area contributed by atoms with Crippen molar-refractivity contribution in [2.24, 2.45) is 0 Å². The number of anilines is 1. The molecule has 0 saturated heterocycles. The number of aromatic nitrogens is 1. The molecule has 2 rings (SSSR count). The molecule has 0 aliphatic heterocycles. The molecule has 0 radical (unpaired) electrons. The molecule has 0 aliphatic carbocycles. The molecule has 0 saturated carbocycles. The number of nitrogen functional groups attached to an aromatic ring is 1. The van der Waals surface area contributed by atoms with Gasteiger partial charge in [0, 0.05) is 23.2 Å².